The van der Waals surface area contributed by atoms with E-state index in [1.807, 2.05) is 61.7 Å². The lowest BCUT2D eigenvalue weighted by molar-refractivity contribution is -0.152. The minimum Gasteiger partial charge on any atom is -0.497 e. The van der Waals surface area contributed by atoms with Gasteiger partial charge in [0.25, 0.3) is 0 Å². The van der Waals surface area contributed by atoms with Gasteiger partial charge in [0, 0.05) is 33.7 Å². The Hall–Kier alpha value is -3.52. The van der Waals surface area contributed by atoms with Gasteiger partial charge in [-0.25, -0.2) is 4.79 Å². The highest BCUT2D eigenvalue weighted by molar-refractivity contribution is 7.98. The molecule has 1 N–H and O–H groups in total. The quantitative estimate of drug-likeness (QED) is 0.283. The molecule has 8 heteroatoms. The van der Waals surface area contributed by atoms with Gasteiger partial charge in [0.05, 0.1) is 25.9 Å². The van der Waals surface area contributed by atoms with E-state index in [4.69, 9.17) is 14.2 Å². The van der Waals surface area contributed by atoms with E-state index in [-0.39, 0.29) is 19.0 Å². The molecule has 2 aromatic carbocycles. The molecule has 2 aliphatic rings. The van der Waals surface area contributed by atoms with Crippen LogP contribution >= 0.6 is 11.8 Å². The Labute approximate surface area is 227 Å². The summed E-state index contributed by atoms with van der Waals surface area (Å²) >= 11 is 1.61. The van der Waals surface area contributed by atoms with Crippen LogP contribution in [-0.2, 0) is 23.9 Å². The standard InChI is InChI=1S/C30H33NO6S/c1-6-36-29(33)24-17(3)31-23-16-22(18-8-12-20(35-4)13-9-18)26(30(34)37-7-2)28(32)27(23)25(24)19-10-14-21(38-5)15-11-19/h8-15,22,25-26,31H,6-7,16H2,1-5H3/t22-,25-,26-/m1/s1. The Balaban J connectivity index is 1.87. The zero-order valence-electron chi connectivity index (χ0n) is 22.3. The number of hydrogen-bond acceptors (Lipinski definition) is 8. The van der Waals surface area contributed by atoms with Crippen molar-refractivity contribution >= 4 is 29.5 Å². The molecule has 0 saturated heterocycles. The lowest BCUT2D eigenvalue weighted by atomic mass is 9.67. The predicted molar refractivity (Wildman–Crippen MR) is 146 cm³/mol. The molecule has 4 rings (SSSR count). The predicted octanol–water partition coefficient (Wildman–Crippen LogP) is 5.13. The van der Waals surface area contributed by atoms with Gasteiger partial charge >= 0.3 is 11.9 Å². The van der Waals surface area contributed by atoms with Gasteiger partial charge in [0.15, 0.2) is 5.78 Å². The fourth-order valence-electron chi connectivity index (χ4n) is 5.31. The molecule has 1 aliphatic heterocycles. The number of allylic oxidation sites excluding steroid dienone is 3. The highest BCUT2D eigenvalue weighted by Gasteiger charge is 2.49. The highest BCUT2D eigenvalue weighted by atomic mass is 32.2. The van der Waals surface area contributed by atoms with E-state index in [0.29, 0.717) is 34.7 Å². The maximum absolute atomic E-state index is 14.3. The number of dihydropyridines is 1. The van der Waals surface area contributed by atoms with Gasteiger partial charge in [-0.1, -0.05) is 24.3 Å². The van der Waals surface area contributed by atoms with Crippen LogP contribution in [0.25, 0.3) is 0 Å². The van der Waals surface area contributed by atoms with Crippen LogP contribution in [-0.4, -0.2) is 44.3 Å². The highest BCUT2D eigenvalue weighted by Crippen LogP contribution is 2.48. The Morgan fingerprint density at radius 1 is 0.974 bits per heavy atom. The number of Topliss-reactive ketones (excluding diaryl/α,β-unsaturated/α-hetero) is 1. The van der Waals surface area contributed by atoms with E-state index in [2.05, 4.69) is 5.32 Å². The average molecular weight is 536 g/mol. The fourth-order valence-corrected chi connectivity index (χ4v) is 5.72. The van der Waals surface area contributed by atoms with Crippen molar-refractivity contribution in [1.82, 2.24) is 5.32 Å². The lowest BCUT2D eigenvalue weighted by Gasteiger charge is -2.39. The lowest BCUT2D eigenvalue weighted by Crippen LogP contribution is -2.43. The number of benzene rings is 2. The number of nitrogens with one attached hydrogen (secondary N) is 1. The fraction of sp³-hybridized carbons (Fsp3) is 0.367. The molecule has 0 fully saturated rings. The molecule has 1 heterocycles. The summed E-state index contributed by atoms with van der Waals surface area (Å²) in [5, 5.41) is 3.33. The van der Waals surface area contributed by atoms with Gasteiger partial charge in [-0.2, -0.15) is 0 Å². The molecule has 0 unspecified atom stereocenters. The van der Waals surface area contributed by atoms with Crippen LogP contribution in [0.1, 0.15) is 50.2 Å². The third kappa shape index (κ3) is 5.23. The van der Waals surface area contributed by atoms with Gasteiger partial charge in [-0.05, 0) is 68.8 Å². The topological polar surface area (TPSA) is 90.9 Å². The van der Waals surface area contributed by atoms with Crippen LogP contribution in [0.5, 0.6) is 5.75 Å². The second kappa shape index (κ2) is 11.9. The number of ether oxygens (including phenoxy) is 3. The summed E-state index contributed by atoms with van der Waals surface area (Å²) in [7, 11) is 1.59. The molecule has 200 valence electrons. The Bertz CT molecular complexity index is 1280. The summed E-state index contributed by atoms with van der Waals surface area (Å²) < 4.78 is 16.1. The summed E-state index contributed by atoms with van der Waals surface area (Å²) in [4.78, 5) is 41.9. The van der Waals surface area contributed by atoms with Crippen molar-refractivity contribution in [2.24, 2.45) is 5.92 Å². The molecule has 0 spiro atoms. The summed E-state index contributed by atoms with van der Waals surface area (Å²) in [6.45, 7) is 5.66. The van der Waals surface area contributed by atoms with Crippen LogP contribution in [0.4, 0.5) is 0 Å². The molecule has 3 atom stereocenters. The largest absolute Gasteiger partial charge is 0.497 e. The van der Waals surface area contributed by atoms with E-state index in [0.717, 1.165) is 16.0 Å². The number of esters is 2. The minimum atomic E-state index is -1.04. The third-order valence-electron chi connectivity index (χ3n) is 7.05. The SMILES string of the molecule is CCOC(=O)C1=C(C)NC2=C(C(=O)[C@H](C(=O)OCC)[C@@H](c3ccc(OC)cc3)C2)[C@@H]1c1ccc(SC)cc1. The second-order valence-electron chi connectivity index (χ2n) is 9.16. The number of carbonyl (C=O) groups excluding carboxylic acids is 3. The molecule has 0 bridgehead atoms. The summed E-state index contributed by atoms with van der Waals surface area (Å²) in [5.41, 5.74) is 3.76. The Morgan fingerprint density at radius 2 is 1.61 bits per heavy atom. The van der Waals surface area contributed by atoms with Gasteiger partial charge in [-0.15, -0.1) is 11.8 Å². The first-order valence-electron chi connectivity index (χ1n) is 12.7. The van der Waals surface area contributed by atoms with Crippen LogP contribution in [0.2, 0.25) is 0 Å². The number of carbonyl (C=O) groups is 3. The molecular weight excluding hydrogens is 502 g/mol. The Morgan fingerprint density at radius 3 is 2.18 bits per heavy atom. The average Bonchev–Trinajstić information content (AvgIpc) is 2.92. The number of thioether (sulfide) groups is 1. The minimum absolute atomic E-state index is 0.161. The van der Waals surface area contributed by atoms with Crippen LogP contribution in [0, 0.1) is 5.92 Å². The molecule has 2 aromatic rings. The molecule has 0 saturated carbocycles. The van der Waals surface area contributed by atoms with Gasteiger partial charge in [-0.3, -0.25) is 9.59 Å². The first-order valence-corrected chi connectivity index (χ1v) is 13.9. The van der Waals surface area contributed by atoms with Crippen molar-refractivity contribution in [2.45, 2.75) is 43.9 Å². The van der Waals surface area contributed by atoms with Crippen molar-refractivity contribution < 1.29 is 28.6 Å². The maximum atomic E-state index is 14.3. The molecule has 0 radical (unpaired) electrons. The Kier molecular flexibility index (Phi) is 8.62. The molecule has 0 aromatic heterocycles. The molecule has 0 amide bonds. The van der Waals surface area contributed by atoms with E-state index >= 15 is 0 Å². The molecule has 1 aliphatic carbocycles. The summed E-state index contributed by atoms with van der Waals surface area (Å²) in [6.07, 6.45) is 2.39. The van der Waals surface area contributed by atoms with Crippen molar-refractivity contribution in [1.29, 1.82) is 0 Å². The monoisotopic (exact) mass is 535 g/mol. The van der Waals surface area contributed by atoms with Crippen molar-refractivity contribution in [2.75, 3.05) is 26.6 Å². The zero-order chi connectivity index (χ0) is 27.4. The number of ketones is 1. The maximum Gasteiger partial charge on any atom is 0.336 e. The van der Waals surface area contributed by atoms with Gasteiger partial charge < -0.3 is 19.5 Å². The van der Waals surface area contributed by atoms with Crippen LogP contribution < -0.4 is 10.1 Å². The van der Waals surface area contributed by atoms with E-state index in [1.165, 1.54) is 0 Å². The third-order valence-corrected chi connectivity index (χ3v) is 7.79. The van der Waals surface area contributed by atoms with E-state index in [9.17, 15) is 14.4 Å². The first-order chi connectivity index (χ1) is 18.3. The second-order valence-corrected chi connectivity index (χ2v) is 10.0. The van der Waals surface area contributed by atoms with Crippen molar-refractivity contribution in [3.8, 4) is 5.75 Å². The summed E-state index contributed by atoms with van der Waals surface area (Å²) in [5.74, 6) is -2.85. The van der Waals surface area contributed by atoms with Crippen molar-refractivity contribution in [3.05, 3.63) is 82.2 Å². The van der Waals surface area contributed by atoms with Gasteiger partial charge in [0.1, 0.15) is 11.7 Å². The number of methoxy groups -OCH3 is 1. The van der Waals surface area contributed by atoms with Gasteiger partial charge in [0.2, 0.25) is 0 Å². The van der Waals surface area contributed by atoms with Crippen molar-refractivity contribution in [3.63, 3.8) is 0 Å². The zero-order valence-corrected chi connectivity index (χ0v) is 23.1. The number of rotatable bonds is 8. The summed E-state index contributed by atoms with van der Waals surface area (Å²) in [6, 6.07) is 15.2. The first kappa shape index (κ1) is 27.5. The smallest absolute Gasteiger partial charge is 0.336 e. The molecular formula is C30H33NO6S. The normalized spacial score (nSPS) is 21.0. The van der Waals surface area contributed by atoms with E-state index in [1.54, 1.807) is 32.7 Å². The molecule has 38 heavy (non-hydrogen) atoms. The number of hydrogen-bond donors (Lipinski definition) is 1. The molecule has 7 nitrogen and oxygen atoms in total. The van der Waals surface area contributed by atoms with Crippen LogP contribution in [0.15, 0.2) is 76.0 Å². The van der Waals surface area contributed by atoms with Crippen LogP contribution in [0.3, 0.4) is 0 Å². The van der Waals surface area contributed by atoms with E-state index < -0.39 is 29.7 Å².